The number of carbonyl (C=O) groups is 2. The Kier molecular flexibility index (Phi) is 5.44. The zero-order chi connectivity index (χ0) is 15.4. The molecule has 5 nitrogen and oxygen atoms in total. The minimum absolute atomic E-state index is 0.103. The molecule has 1 fully saturated rings. The van der Waals surface area contributed by atoms with Gasteiger partial charge in [-0.25, -0.2) is 9.59 Å². The zero-order valence-corrected chi connectivity index (χ0v) is 14.0. The highest BCUT2D eigenvalue weighted by Gasteiger charge is 2.23. The van der Waals surface area contributed by atoms with E-state index in [1.807, 2.05) is 22.6 Å². The molecular weight excluding hydrogens is 383 g/mol. The van der Waals surface area contributed by atoms with Gasteiger partial charge in [0.1, 0.15) is 0 Å². The lowest BCUT2D eigenvalue weighted by Gasteiger charge is -2.16. The van der Waals surface area contributed by atoms with Crippen LogP contribution in [0.15, 0.2) is 18.2 Å². The summed E-state index contributed by atoms with van der Waals surface area (Å²) in [6, 6.07) is 4.57. The number of carboxylic acid groups (broad SMARTS) is 1. The molecule has 0 saturated heterocycles. The first-order valence-electron chi connectivity index (χ1n) is 7.05. The number of halogens is 1. The van der Waals surface area contributed by atoms with Crippen molar-refractivity contribution in [2.45, 2.75) is 26.2 Å². The summed E-state index contributed by atoms with van der Waals surface area (Å²) in [5.41, 5.74) is 0.422. The number of carbonyl (C=O) groups excluding carboxylic acids is 1. The first-order valence-corrected chi connectivity index (χ1v) is 8.13. The van der Waals surface area contributed by atoms with E-state index in [1.165, 1.54) is 18.9 Å². The second kappa shape index (κ2) is 7.11. The van der Waals surface area contributed by atoms with Crippen LogP contribution < -0.4 is 10.6 Å². The molecule has 0 heterocycles. The van der Waals surface area contributed by atoms with Crippen molar-refractivity contribution in [1.29, 1.82) is 0 Å². The molecule has 1 aromatic carbocycles. The Morgan fingerprint density at radius 2 is 2.14 bits per heavy atom. The van der Waals surface area contributed by atoms with E-state index >= 15 is 0 Å². The third kappa shape index (κ3) is 4.33. The van der Waals surface area contributed by atoms with Crippen LogP contribution in [-0.4, -0.2) is 23.7 Å². The monoisotopic (exact) mass is 402 g/mol. The standard InChI is InChI=1S/C15H19IN2O3/c1-9-3-2-4-10(9)8-17-15(21)18-13-6-5-11(16)7-12(13)14(19)20/h5-7,9-10H,2-4,8H2,1H3,(H,19,20)(H2,17,18,21). The van der Waals surface area contributed by atoms with Gasteiger partial charge in [0.25, 0.3) is 0 Å². The van der Waals surface area contributed by atoms with E-state index in [0.717, 1.165) is 9.99 Å². The number of hydrogen-bond acceptors (Lipinski definition) is 2. The predicted octanol–water partition coefficient (Wildman–Crippen LogP) is 3.55. The summed E-state index contributed by atoms with van der Waals surface area (Å²) in [5, 5.41) is 14.6. The van der Waals surface area contributed by atoms with E-state index in [1.54, 1.807) is 12.1 Å². The summed E-state index contributed by atoms with van der Waals surface area (Å²) in [6.45, 7) is 2.85. The molecule has 2 unspecified atom stereocenters. The van der Waals surface area contributed by atoms with Crippen LogP contribution in [0.4, 0.5) is 10.5 Å². The molecule has 0 aliphatic heterocycles. The molecule has 1 aliphatic carbocycles. The van der Waals surface area contributed by atoms with Crippen molar-refractivity contribution in [3.05, 3.63) is 27.3 Å². The molecule has 1 aromatic rings. The van der Waals surface area contributed by atoms with Crippen molar-refractivity contribution in [1.82, 2.24) is 5.32 Å². The molecular formula is C15H19IN2O3. The van der Waals surface area contributed by atoms with Crippen LogP contribution >= 0.6 is 22.6 Å². The lowest BCUT2D eigenvalue weighted by Crippen LogP contribution is -2.34. The number of aromatic carboxylic acids is 1. The fourth-order valence-corrected chi connectivity index (χ4v) is 3.21. The molecule has 0 radical (unpaired) electrons. The van der Waals surface area contributed by atoms with Crippen LogP contribution in [0.1, 0.15) is 36.5 Å². The Balaban J connectivity index is 1.95. The van der Waals surface area contributed by atoms with Gasteiger partial charge in [0.05, 0.1) is 11.3 Å². The molecule has 3 N–H and O–H groups in total. The van der Waals surface area contributed by atoms with Gasteiger partial charge in [0.15, 0.2) is 0 Å². The molecule has 2 rings (SSSR count). The maximum absolute atomic E-state index is 11.9. The molecule has 2 amide bonds. The van der Waals surface area contributed by atoms with Crippen molar-refractivity contribution < 1.29 is 14.7 Å². The summed E-state index contributed by atoms with van der Waals surface area (Å²) in [4.78, 5) is 23.1. The second-order valence-corrected chi connectivity index (χ2v) is 6.74. The highest BCUT2D eigenvalue weighted by molar-refractivity contribution is 14.1. The van der Waals surface area contributed by atoms with Crippen LogP contribution in [0.5, 0.6) is 0 Å². The van der Waals surface area contributed by atoms with Crippen molar-refractivity contribution in [2.75, 3.05) is 11.9 Å². The summed E-state index contributed by atoms with van der Waals surface area (Å²) >= 11 is 2.04. The largest absolute Gasteiger partial charge is 0.478 e. The summed E-state index contributed by atoms with van der Waals surface area (Å²) in [7, 11) is 0. The Bertz CT molecular complexity index is 548. The Morgan fingerprint density at radius 1 is 1.38 bits per heavy atom. The van der Waals surface area contributed by atoms with Gasteiger partial charge >= 0.3 is 12.0 Å². The molecule has 1 aliphatic rings. The maximum Gasteiger partial charge on any atom is 0.337 e. The number of nitrogens with one attached hydrogen (secondary N) is 2. The van der Waals surface area contributed by atoms with E-state index in [4.69, 9.17) is 5.11 Å². The number of benzene rings is 1. The van der Waals surface area contributed by atoms with E-state index in [-0.39, 0.29) is 11.6 Å². The minimum atomic E-state index is -1.05. The molecule has 114 valence electrons. The Hall–Kier alpha value is -1.31. The van der Waals surface area contributed by atoms with Gasteiger partial charge in [-0.05, 0) is 59.0 Å². The molecule has 0 aromatic heterocycles. The van der Waals surface area contributed by atoms with Gasteiger partial charge in [0, 0.05) is 10.1 Å². The SMILES string of the molecule is CC1CCCC1CNC(=O)Nc1ccc(I)cc1C(=O)O. The molecule has 6 heteroatoms. The third-order valence-corrected chi connectivity index (χ3v) is 4.70. The van der Waals surface area contributed by atoms with Crippen molar-refractivity contribution in [2.24, 2.45) is 11.8 Å². The average Bonchev–Trinajstić information content (AvgIpc) is 2.84. The number of anilines is 1. The number of rotatable bonds is 4. The van der Waals surface area contributed by atoms with Crippen LogP contribution in [0, 0.1) is 15.4 Å². The molecule has 21 heavy (non-hydrogen) atoms. The average molecular weight is 402 g/mol. The van der Waals surface area contributed by atoms with Crippen molar-refractivity contribution in [3.8, 4) is 0 Å². The maximum atomic E-state index is 11.9. The smallest absolute Gasteiger partial charge is 0.337 e. The summed E-state index contributed by atoms with van der Waals surface area (Å²) in [5.74, 6) is 0.109. The molecule has 0 spiro atoms. The van der Waals surface area contributed by atoms with Crippen LogP contribution in [0.3, 0.4) is 0 Å². The van der Waals surface area contributed by atoms with Crippen LogP contribution in [-0.2, 0) is 0 Å². The Labute approximate surface area is 137 Å². The third-order valence-electron chi connectivity index (χ3n) is 4.02. The first kappa shape index (κ1) is 16.1. The van der Waals surface area contributed by atoms with Gasteiger partial charge in [-0.2, -0.15) is 0 Å². The fraction of sp³-hybridized carbons (Fsp3) is 0.467. The quantitative estimate of drug-likeness (QED) is 0.675. The summed E-state index contributed by atoms with van der Waals surface area (Å²) in [6.07, 6.45) is 3.58. The van der Waals surface area contributed by atoms with E-state index in [0.29, 0.717) is 24.1 Å². The second-order valence-electron chi connectivity index (χ2n) is 5.50. The fourth-order valence-electron chi connectivity index (χ4n) is 2.72. The lowest BCUT2D eigenvalue weighted by molar-refractivity contribution is 0.0698. The topological polar surface area (TPSA) is 78.4 Å². The van der Waals surface area contributed by atoms with Gasteiger partial charge in [-0.1, -0.05) is 19.8 Å². The van der Waals surface area contributed by atoms with Gasteiger partial charge < -0.3 is 15.7 Å². The van der Waals surface area contributed by atoms with Gasteiger partial charge in [-0.3, -0.25) is 0 Å². The van der Waals surface area contributed by atoms with Gasteiger partial charge in [-0.15, -0.1) is 0 Å². The van der Waals surface area contributed by atoms with Gasteiger partial charge in [0.2, 0.25) is 0 Å². The Morgan fingerprint density at radius 3 is 2.76 bits per heavy atom. The van der Waals surface area contributed by atoms with E-state index < -0.39 is 5.97 Å². The number of amides is 2. The van der Waals surface area contributed by atoms with Crippen LogP contribution in [0.2, 0.25) is 0 Å². The first-order chi connectivity index (χ1) is 9.97. The normalized spacial score (nSPS) is 21.0. The highest BCUT2D eigenvalue weighted by atomic mass is 127. The van der Waals surface area contributed by atoms with E-state index in [2.05, 4.69) is 17.6 Å². The lowest BCUT2D eigenvalue weighted by atomic mass is 9.98. The van der Waals surface area contributed by atoms with E-state index in [9.17, 15) is 9.59 Å². The van der Waals surface area contributed by atoms with Crippen molar-refractivity contribution >= 4 is 40.3 Å². The number of carboxylic acids is 1. The number of hydrogen-bond donors (Lipinski definition) is 3. The van der Waals surface area contributed by atoms with Crippen molar-refractivity contribution in [3.63, 3.8) is 0 Å². The predicted molar refractivity (Wildman–Crippen MR) is 89.6 cm³/mol. The molecule has 1 saturated carbocycles. The summed E-state index contributed by atoms with van der Waals surface area (Å²) < 4.78 is 0.815. The highest BCUT2D eigenvalue weighted by Crippen LogP contribution is 2.30. The minimum Gasteiger partial charge on any atom is -0.478 e. The number of urea groups is 1. The zero-order valence-electron chi connectivity index (χ0n) is 11.9. The van der Waals surface area contributed by atoms with Crippen LogP contribution in [0.25, 0.3) is 0 Å². The molecule has 0 bridgehead atoms. The molecule has 2 atom stereocenters.